The van der Waals surface area contributed by atoms with Crippen LogP contribution in [0.2, 0.25) is 0 Å². The van der Waals surface area contributed by atoms with Crippen molar-refractivity contribution >= 4 is 51.1 Å². The number of hydrogen-bond acceptors (Lipinski definition) is 5. The minimum atomic E-state index is -0.386. The van der Waals surface area contributed by atoms with Crippen LogP contribution in [0.3, 0.4) is 0 Å². The fourth-order valence-corrected chi connectivity index (χ4v) is 3.58. The van der Waals surface area contributed by atoms with Crippen molar-refractivity contribution in [2.45, 2.75) is 33.1 Å². The number of allylic oxidation sites excluding steroid dienone is 1. The van der Waals surface area contributed by atoms with E-state index in [1.54, 1.807) is 6.92 Å². The molecule has 0 spiro atoms. The molecular formula is C14H14ClNO4S. The summed E-state index contributed by atoms with van der Waals surface area (Å²) in [6.45, 7) is 3.06. The summed E-state index contributed by atoms with van der Waals surface area (Å²) in [4.78, 5) is 34.5. The molecule has 0 radical (unpaired) electrons. The number of ether oxygens (including phenoxy) is 1. The lowest BCUT2D eigenvalue weighted by atomic mass is 9.98. The molecule has 0 saturated heterocycles. The van der Waals surface area contributed by atoms with Crippen LogP contribution in [0.15, 0.2) is 5.57 Å². The highest BCUT2D eigenvalue weighted by Crippen LogP contribution is 2.48. The predicted octanol–water partition coefficient (Wildman–Crippen LogP) is 3.12. The number of nitrogens with one attached hydrogen (secondary N) is 1. The Kier molecular flexibility index (Phi) is 4.80. The second kappa shape index (κ2) is 6.41. The van der Waals surface area contributed by atoms with Gasteiger partial charge in [0.05, 0.1) is 9.91 Å². The average molecular weight is 328 g/mol. The molecular weight excluding hydrogens is 314 g/mol. The molecule has 7 heteroatoms. The molecule has 1 aromatic rings. The molecule has 1 amide bonds. The van der Waals surface area contributed by atoms with E-state index in [4.69, 9.17) is 16.3 Å². The van der Waals surface area contributed by atoms with Crippen molar-refractivity contribution in [3.63, 3.8) is 0 Å². The van der Waals surface area contributed by atoms with E-state index in [1.165, 1.54) is 18.3 Å². The van der Waals surface area contributed by atoms with Gasteiger partial charge in [0.15, 0.2) is 5.75 Å². The van der Waals surface area contributed by atoms with Gasteiger partial charge < -0.3 is 10.1 Å². The maximum atomic E-state index is 11.6. The van der Waals surface area contributed by atoms with E-state index in [1.807, 2.05) is 0 Å². The average Bonchev–Trinajstić information content (AvgIpc) is 2.77. The van der Waals surface area contributed by atoms with E-state index in [2.05, 4.69) is 5.32 Å². The Hall–Kier alpha value is -1.66. The number of aldehydes is 1. The molecule has 0 aliphatic heterocycles. The molecule has 112 valence electrons. The zero-order valence-electron chi connectivity index (χ0n) is 11.6. The summed E-state index contributed by atoms with van der Waals surface area (Å²) in [5.41, 5.74) is 1.29. The van der Waals surface area contributed by atoms with Crippen LogP contribution in [-0.2, 0) is 20.8 Å². The second-order valence-electron chi connectivity index (χ2n) is 4.53. The van der Waals surface area contributed by atoms with Gasteiger partial charge in [0, 0.05) is 24.5 Å². The van der Waals surface area contributed by atoms with E-state index in [0.717, 1.165) is 11.8 Å². The van der Waals surface area contributed by atoms with Gasteiger partial charge in [0.25, 0.3) is 0 Å². The molecule has 0 bridgehead atoms. The highest BCUT2D eigenvalue weighted by Gasteiger charge is 2.28. The number of thiophene rings is 1. The zero-order chi connectivity index (χ0) is 15.6. The third-order valence-corrected chi connectivity index (χ3v) is 4.71. The summed E-state index contributed by atoms with van der Waals surface area (Å²) in [5, 5.41) is 3.45. The Labute approximate surface area is 130 Å². The van der Waals surface area contributed by atoms with Crippen molar-refractivity contribution in [2.75, 3.05) is 5.32 Å². The van der Waals surface area contributed by atoms with Gasteiger partial charge in [-0.25, -0.2) is 0 Å². The molecule has 5 nitrogen and oxygen atoms in total. The smallest absolute Gasteiger partial charge is 0.311 e. The first kappa shape index (κ1) is 15.7. The van der Waals surface area contributed by atoms with Gasteiger partial charge in [0.1, 0.15) is 11.3 Å². The van der Waals surface area contributed by atoms with Gasteiger partial charge in [-0.05, 0) is 12.8 Å². The molecule has 0 saturated carbocycles. The predicted molar refractivity (Wildman–Crippen MR) is 81.7 cm³/mol. The zero-order valence-corrected chi connectivity index (χ0v) is 13.2. The Bertz CT molecular complexity index is 648. The number of fused-ring (bicyclic) bond motifs is 1. The second-order valence-corrected chi connectivity index (χ2v) is 5.93. The SMILES string of the molecule is CCC(=O)Oc1c(NC(C)=O)sc2c1CCC(C=O)=C2Cl. The van der Waals surface area contributed by atoms with E-state index < -0.39 is 0 Å². The minimum Gasteiger partial charge on any atom is -0.423 e. The molecule has 2 rings (SSSR count). The molecule has 0 unspecified atom stereocenters. The van der Waals surface area contributed by atoms with Crippen LogP contribution in [0.1, 0.15) is 37.1 Å². The van der Waals surface area contributed by atoms with Gasteiger partial charge in [-0.3, -0.25) is 14.4 Å². The molecule has 0 aromatic carbocycles. The number of rotatable bonds is 4. The maximum Gasteiger partial charge on any atom is 0.311 e. The van der Waals surface area contributed by atoms with Crippen LogP contribution in [0.25, 0.3) is 5.03 Å². The molecule has 1 aromatic heterocycles. The van der Waals surface area contributed by atoms with E-state index in [-0.39, 0.29) is 18.3 Å². The van der Waals surface area contributed by atoms with Crippen molar-refractivity contribution in [1.82, 2.24) is 0 Å². The number of anilines is 1. The summed E-state index contributed by atoms with van der Waals surface area (Å²) >= 11 is 7.42. The van der Waals surface area contributed by atoms with Gasteiger partial charge in [-0.15, -0.1) is 11.3 Å². The molecule has 1 heterocycles. The fourth-order valence-electron chi connectivity index (χ4n) is 2.02. The van der Waals surface area contributed by atoms with E-state index in [0.29, 0.717) is 39.1 Å². The summed E-state index contributed by atoms with van der Waals surface area (Å²) in [6, 6.07) is 0. The minimum absolute atomic E-state index is 0.229. The van der Waals surface area contributed by atoms with Gasteiger partial charge >= 0.3 is 5.97 Å². The Morgan fingerprint density at radius 1 is 1.43 bits per heavy atom. The van der Waals surface area contributed by atoms with Gasteiger partial charge in [-0.2, -0.15) is 0 Å². The molecule has 21 heavy (non-hydrogen) atoms. The number of esters is 1. The lowest BCUT2D eigenvalue weighted by molar-refractivity contribution is -0.134. The maximum absolute atomic E-state index is 11.6. The highest BCUT2D eigenvalue weighted by molar-refractivity contribution is 7.18. The van der Waals surface area contributed by atoms with Crippen molar-refractivity contribution in [1.29, 1.82) is 0 Å². The number of hydrogen-bond donors (Lipinski definition) is 1. The lowest BCUT2D eigenvalue weighted by Gasteiger charge is -2.14. The first-order chi connectivity index (χ1) is 9.97. The fraction of sp³-hybridized carbons (Fsp3) is 0.357. The molecule has 0 fully saturated rings. The number of halogens is 1. The Balaban J connectivity index is 2.52. The molecule has 0 atom stereocenters. The monoisotopic (exact) mass is 327 g/mol. The van der Waals surface area contributed by atoms with Crippen molar-refractivity contribution in [2.24, 2.45) is 0 Å². The van der Waals surface area contributed by atoms with Crippen LogP contribution < -0.4 is 10.1 Å². The summed E-state index contributed by atoms with van der Waals surface area (Å²) in [6.07, 6.45) is 2.00. The molecule has 1 aliphatic rings. The highest BCUT2D eigenvalue weighted by atomic mass is 35.5. The summed E-state index contributed by atoms with van der Waals surface area (Å²) in [7, 11) is 0. The van der Waals surface area contributed by atoms with E-state index in [9.17, 15) is 14.4 Å². The van der Waals surface area contributed by atoms with Crippen molar-refractivity contribution < 1.29 is 19.1 Å². The third-order valence-electron chi connectivity index (χ3n) is 3.02. The first-order valence-corrected chi connectivity index (χ1v) is 7.65. The van der Waals surface area contributed by atoms with Crippen LogP contribution in [-0.4, -0.2) is 18.2 Å². The largest absolute Gasteiger partial charge is 0.423 e. The number of carbonyl (C=O) groups is 3. The van der Waals surface area contributed by atoms with Crippen LogP contribution in [0, 0.1) is 0 Å². The topological polar surface area (TPSA) is 72.5 Å². The quantitative estimate of drug-likeness (QED) is 0.681. The van der Waals surface area contributed by atoms with Gasteiger partial charge in [0.2, 0.25) is 5.91 Å². The summed E-state index contributed by atoms with van der Waals surface area (Å²) < 4.78 is 5.34. The van der Waals surface area contributed by atoms with Crippen LogP contribution in [0.5, 0.6) is 5.75 Å². The first-order valence-electron chi connectivity index (χ1n) is 6.46. The van der Waals surface area contributed by atoms with Gasteiger partial charge in [-0.1, -0.05) is 18.5 Å². The lowest BCUT2D eigenvalue weighted by Crippen LogP contribution is -2.11. The molecule has 1 N–H and O–H groups in total. The standard InChI is InChI=1S/C14H14ClNO4S/c1-3-10(19)20-12-9-5-4-8(6-17)11(15)13(9)21-14(12)16-7(2)18/h6H,3-5H2,1-2H3,(H,16,18). The van der Waals surface area contributed by atoms with Crippen LogP contribution in [0.4, 0.5) is 5.00 Å². The summed E-state index contributed by atoms with van der Waals surface area (Å²) in [5.74, 6) is -0.304. The van der Waals surface area contributed by atoms with Crippen LogP contribution >= 0.6 is 22.9 Å². The number of amides is 1. The van der Waals surface area contributed by atoms with Crippen molar-refractivity contribution in [3.8, 4) is 5.75 Å². The number of carbonyl (C=O) groups excluding carboxylic acids is 3. The Morgan fingerprint density at radius 3 is 2.71 bits per heavy atom. The normalized spacial score (nSPS) is 13.7. The van der Waals surface area contributed by atoms with Crippen molar-refractivity contribution in [3.05, 3.63) is 16.0 Å². The third kappa shape index (κ3) is 3.16. The molecule has 1 aliphatic carbocycles. The Morgan fingerprint density at radius 2 is 2.14 bits per heavy atom. The van der Waals surface area contributed by atoms with E-state index >= 15 is 0 Å².